The second-order valence-corrected chi connectivity index (χ2v) is 4.66. The number of aryl methyl sites for hydroxylation is 1. The molecule has 0 aliphatic heterocycles. The van der Waals surface area contributed by atoms with Gasteiger partial charge in [0.05, 0.1) is 6.26 Å². The van der Waals surface area contributed by atoms with Gasteiger partial charge in [0.2, 0.25) is 4.80 Å². The Morgan fingerprint density at radius 2 is 2.33 bits per heavy atom. The van der Waals surface area contributed by atoms with Crippen molar-refractivity contribution in [2.45, 2.75) is 6.92 Å². The maximum atomic E-state index is 11.7. The predicted octanol–water partition coefficient (Wildman–Crippen LogP) is 2.04. The Kier molecular flexibility index (Phi) is 2.56. The van der Waals surface area contributed by atoms with E-state index in [1.807, 2.05) is 29.0 Å². The van der Waals surface area contributed by atoms with Crippen LogP contribution in [-0.2, 0) is 0 Å². The summed E-state index contributed by atoms with van der Waals surface area (Å²) in [5.74, 6) is -0.201. The summed E-state index contributed by atoms with van der Waals surface area (Å²) in [7, 11) is 0. The van der Waals surface area contributed by atoms with E-state index in [1.165, 1.54) is 17.8 Å². The van der Waals surface area contributed by atoms with Crippen LogP contribution in [0.3, 0.4) is 0 Å². The first-order chi connectivity index (χ1) is 8.74. The SMILES string of the molecule is Cc1cccn2sc(=NC(=O)c3ccco3)nc12. The molecule has 0 unspecified atom stereocenters. The van der Waals surface area contributed by atoms with Crippen LogP contribution in [0.15, 0.2) is 46.1 Å². The largest absolute Gasteiger partial charge is 0.459 e. The molecule has 0 saturated carbocycles. The van der Waals surface area contributed by atoms with Gasteiger partial charge in [-0.3, -0.25) is 8.58 Å². The van der Waals surface area contributed by atoms with E-state index in [0.29, 0.717) is 4.80 Å². The van der Waals surface area contributed by atoms with E-state index in [4.69, 9.17) is 4.42 Å². The Labute approximate surface area is 106 Å². The third-order valence-electron chi connectivity index (χ3n) is 2.44. The Bertz CT molecular complexity index is 768. The molecule has 0 fully saturated rings. The fourth-order valence-electron chi connectivity index (χ4n) is 1.58. The smallest absolute Gasteiger partial charge is 0.315 e. The summed E-state index contributed by atoms with van der Waals surface area (Å²) in [6, 6.07) is 7.13. The monoisotopic (exact) mass is 259 g/mol. The van der Waals surface area contributed by atoms with E-state index in [1.54, 1.807) is 12.1 Å². The first-order valence-corrected chi connectivity index (χ1v) is 6.09. The van der Waals surface area contributed by atoms with Gasteiger partial charge in [0.1, 0.15) is 0 Å². The van der Waals surface area contributed by atoms with Crippen molar-refractivity contribution in [2.75, 3.05) is 0 Å². The minimum absolute atomic E-state index is 0.218. The average Bonchev–Trinajstić information content (AvgIpc) is 2.97. The van der Waals surface area contributed by atoms with Crippen LogP contribution in [0.5, 0.6) is 0 Å². The van der Waals surface area contributed by atoms with Gasteiger partial charge < -0.3 is 4.42 Å². The van der Waals surface area contributed by atoms with Crippen molar-refractivity contribution in [3.8, 4) is 0 Å². The van der Waals surface area contributed by atoms with E-state index in [9.17, 15) is 4.79 Å². The van der Waals surface area contributed by atoms with E-state index < -0.39 is 5.91 Å². The van der Waals surface area contributed by atoms with Gasteiger partial charge >= 0.3 is 5.91 Å². The van der Waals surface area contributed by atoms with Gasteiger partial charge in [-0.1, -0.05) is 6.07 Å². The molecular formula is C12H9N3O2S. The maximum Gasteiger partial charge on any atom is 0.315 e. The molecule has 0 atom stereocenters. The maximum absolute atomic E-state index is 11.7. The molecule has 3 heterocycles. The van der Waals surface area contributed by atoms with E-state index in [-0.39, 0.29) is 5.76 Å². The van der Waals surface area contributed by atoms with Crippen molar-refractivity contribution < 1.29 is 9.21 Å². The zero-order valence-electron chi connectivity index (χ0n) is 9.53. The number of hydrogen-bond acceptors (Lipinski definition) is 4. The molecule has 0 aliphatic rings. The standard InChI is InChI=1S/C12H9N3O2S/c1-8-4-2-6-15-10(8)13-12(18-15)14-11(16)9-5-3-7-17-9/h2-7H,1H3. The molecular weight excluding hydrogens is 250 g/mol. The van der Waals surface area contributed by atoms with Crippen molar-refractivity contribution >= 4 is 23.1 Å². The molecule has 5 nitrogen and oxygen atoms in total. The molecule has 0 N–H and O–H groups in total. The van der Waals surface area contributed by atoms with Gasteiger partial charge in [-0.2, -0.15) is 9.98 Å². The number of nitrogens with zero attached hydrogens (tertiary/aromatic N) is 3. The number of carbonyl (C=O) groups is 1. The lowest BCUT2D eigenvalue weighted by Crippen LogP contribution is -2.04. The van der Waals surface area contributed by atoms with Crippen LogP contribution in [0.25, 0.3) is 5.65 Å². The summed E-state index contributed by atoms with van der Waals surface area (Å²) in [6.07, 6.45) is 3.33. The fraction of sp³-hybridized carbons (Fsp3) is 0.0833. The minimum atomic E-state index is -0.419. The summed E-state index contributed by atoms with van der Waals surface area (Å²) in [5.41, 5.74) is 1.86. The Hall–Kier alpha value is -2.21. The fourth-order valence-corrected chi connectivity index (χ4v) is 2.41. The quantitative estimate of drug-likeness (QED) is 0.672. The molecule has 3 rings (SSSR count). The van der Waals surface area contributed by atoms with Crippen LogP contribution in [0.1, 0.15) is 16.1 Å². The van der Waals surface area contributed by atoms with Crippen LogP contribution in [-0.4, -0.2) is 14.7 Å². The number of furan rings is 1. The average molecular weight is 259 g/mol. The molecule has 90 valence electrons. The van der Waals surface area contributed by atoms with E-state index >= 15 is 0 Å². The summed E-state index contributed by atoms with van der Waals surface area (Å²) in [6.45, 7) is 1.97. The molecule has 3 aromatic rings. The minimum Gasteiger partial charge on any atom is -0.459 e. The molecule has 0 radical (unpaired) electrons. The van der Waals surface area contributed by atoms with Crippen LogP contribution in [0, 0.1) is 6.92 Å². The van der Waals surface area contributed by atoms with Crippen LogP contribution >= 0.6 is 11.5 Å². The lowest BCUT2D eigenvalue weighted by atomic mass is 10.3. The van der Waals surface area contributed by atoms with Gasteiger partial charge in [-0.15, -0.1) is 0 Å². The first-order valence-electron chi connectivity index (χ1n) is 5.32. The lowest BCUT2D eigenvalue weighted by molar-refractivity contribution is 0.0972. The normalized spacial score (nSPS) is 12.2. The second kappa shape index (κ2) is 4.23. The second-order valence-electron chi connectivity index (χ2n) is 3.72. The molecule has 6 heteroatoms. The number of pyridine rings is 1. The third kappa shape index (κ3) is 1.86. The molecule has 0 saturated heterocycles. The number of aromatic nitrogens is 2. The highest BCUT2D eigenvalue weighted by molar-refractivity contribution is 7.03. The number of amides is 1. The van der Waals surface area contributed by atoms with Crippen molar-refractivity contribution in [3.63, 3.8) is 0 Å². The van der Waals surface area contributed by atoms with Gasteiger partial charge in [-0.25, -0.2) is 0 Å². The van der Waals surface area contributed by atoms with Gasteiger partial charge in [-0.05, 0) is 42.2 Å². The van der Waals surface area contributed by atoms with Crippen molar-refractivity contribution in [3.05, 3.63) is 52.9 Å². The zero-order valence-corrected chi connectivity index (χ0v) is 10.3. The van der Waals surface area contributed by atoms with E-state index in [2.05, 4.69) is 9.98 Å². The molecule has 0 bridgehead atoms. The van der Waals surface area contributed by atoms with E-state index in [0.717, 1.165) is 11.2 Å². The predicted molar refractivity (Wildman–Crippen MR) is 66.4 cm³/mol. The summed E-state index contributed by atoms with van der Waals surface area (Å²) >= 11 is 1.31. The summed E-state index contributed by atoms with van der Waals surface area (Å²) < 4.78 is 6.87. The first kappa shape index (κ1) is 10.9. The highest BCUT2D eigenvalue weighted by atomic mass is 32.1. The van der Waals surface area contributed by atoms with Gasteiger partial charge in [0, 0.05) is 6.20 Å². The molecule has 18 heavy (non-hydrogen) atoms. The number of carbonyl (C=O) groups excluding carboxylic acids is 1. The van der Waals surface area contributed by atoms with Crippen molar-refractivity contribution in [1.29, 1.82) is 0 Å². The molecule has 0 aliphatic carbocycles. The Morgan fingerprint density at radius 1 is 1.44 bits per heavy atom. The Morgan fingerprint density at radius 3 is 3.06 bits per heavy atom. The Balaban J connectivity index is 2.10. The van der Waals surface area contributed by atoms with Gasteiger partial charge in [0.15, 0.2) is 11.4 Å². The van der Waals surface area contributed by atoms with Crippen molar-refractivity contribution in [2.24, 2.45) is 4.99 Å². The topological polar surface area (TPSA) is 59.9 Å². The highest BCUT2D eigenvalue weighted by Crippen LogP contribution is 2.07. The van der Waals surface area contributed by atoms with Crippen LogP contribution in [0.2, 0.25) is 0 Å². The zero-order chi connectivity index (χ0) is 12.5. The van der Waals surface area contributed by atoms with Crippen LogP contribution in [0.4, 0.5) is 0 Å². The molecule has 3 aromatic heterocycles. The molecule has 0 spiro atoms. The van der Waals surface area contributed by atoms with Crippen molar-refractivity contribution in [1.82, 2.24) is 8.77 Å². The number of fused-ring (bicyclic) bond motifs is 1. The van der Waals surface area contributed by atoms with Gasteiger partial charge in [0.25, 0.3) is 0 Å². The summed E-state index contributed by atoms with van der Waals surface area (Å²) in [4.78, 5) is 20.4. The third-order valence-corrected chi connectivity index (χ3v) is 3.28. The number of hydrogen-bond donors (Lipinski definition) is 0. The molecule has 1 amide bonds. The lowest BCUT2D eigenvalue weighted by Gasteiger charge is -1.92. The molecule has 0 aromatic carbocycles. The number of rotatable bonds is 1. The van der Waals surface area contributed by atoms with Crippen LogP contribution < -0.4 is 4.80 Å². The summed E-state index contributed by atoms with van der Waals surface area (Å²) in [5, 5.41) is 0. The highest BCUT2D eigenvalue weighted by Gasteiger charge is 2.07.